The molecule has 2 heterocycles. The lowest BCUT2D eigenvalue weighted by atomic mass is 10.3. The molecule has 0 aliphatic heterocycles. The van der Waals surface area contributed by atoms with Crippen molar-refractivity contribution in [3.05, 3.63) is 33.2 Å². The third kappa shape index (κ3) is 3.61. The first kappa shape index (κ1) is 15.5. The second kappa shape index (κ2) is 6.72. The van der Waals surface area contributed by atoms with Crippen LogP contribution < -0.4 is 10.9 Å². The highest BCUT2D eigenvalue weighted by molar-refractivity contribution is 7.98. The van der Waals surface area contributed by atoms with E-state index >= 15 is 0 Å². The molecule has 2 rings (SSSR count). The van der Waals surface area contributed by atoms with Crippen molar-refractivity contribution in [3.63, 3.8) is 0 Å². The Kier molecular flexibility index (Phi) is 4.97. The molecule has 0 aliphatic carbocycles. The number of hydrogen-bond acceptors (Lipinski definition) is 6. The van der Waals surface area contributed by atoms with E-state index in [2.05, 4.69) is 10.3 Å². The van der Waals surface area contributed by atoms with Gasteiger partial charge >= 0.3 is 5.97 Å². The van der Waals surface area contributed by atoms with E-state index in [1.54, 1.807) is 0 Å². The molecule has 2 aromatic heterocycles. The maximum Gasteiger partial charge on any atom is 0.327 e. The Bertz CT molecular complexity index is 725. The number of thioether (sulfide) groups is 1. The number of thiazole rings is 1. The van der Waals surface area contributed by atoms with Crippen LogP contribution in [0.25, 0.3) is 4.96 Å². The van der Waals surface area contributed by atoms with Gasteiger partial charge in [0.15, 0.2) is 4.96 Å². The summed E-state index contributed by atoms with van der Waals surface area (Å²) in [6.45, 7) is 1.84. The molecular formula is C12H13N3O4S2. The highest BCUT2D eigenvalue weighted by Crippen LogP contribution is 2.15. The summed E-state index contributed by atoms with van der Waals surface area (Å²) in [5, 5.41) is 13.0. The Hall–Kier alpha value is -1.87. The van der Waals surface area contributed by atoms with Crippen molar-refractivity contribution >= 4 is 40.4 Å². The van der Waals surface area contributed by atoms with Gasteiger partial charge in [-0.3, -0.25) is 14.0 Å². The number of carbonyl (C=O) groups excluding carboxylic acids is 1. The SMILES string of the molecule is Cc1csc2nc(CSCC(NC=O)C(=O)O)cc(=O)n12. The van der Waals surface area contributed by atoms with Crippen LogP contribution in [-0.2, 0) is 15.3 Å². The number of carboxylic acids is 1. The minimum absolute atomic E-state index is 0.143. The largest absolute Gasteiger partial charge is 0.480 e. The Morgan fingerprint density at radius 2 is 2.43 bits per heavy atom. The normalized spacial score (nSPS) is 12.2. The number of rotatable bonds is 7. The Morgan fingerprint density at radius 3 is 3.10 bits per heavy atom. The van der Waals surface area contributed by atoms with Gasteiger partial charge in [-0.25, -0.2) is 9.78 Å². The van der Waals surface area contributed by atoms with Crippen LogP contribution >= 0.6 is 23.1 Å². The van der Waals surface area contributed by atoms with Crippen molar-refractivity contribution in [2.45, 2.75) is 18.7 Å². The average molecular weight is 327 g/mol. The number of hydrogen-bond donors (Lipinski definition) is 2. The van der Waals surface area contributed by atoms with Gasteiger partial charge in [0, 0.05) is 28.6 Å². The molecule has 2 aromatic rings. The van der Waals surface area contributed by atoms with Gasteiger partial charge in [0.05, 0.1) is 5.69 Å². The molecule has 0 radical (unpaired) electrons. The summed E-state index contributed by atoms with van der Waals surface area (Å²) in [4.78, 5) is 38.1. The van der Waals surface area contributed by atoms with Crippen LogP contribution in [0.5, 0.6) is 0 Å². The first-order valence-electron chi connectivity index (χ1n) is 6.00. The zero-order valence-electron chi connectivity index (χ0n) is 11.1. The second-order valence-electron chi connectivity index (χ2n) is 4.27. The van der Waals surface area contributed by atoms with Crippen molar-refractivity contribution in [2.24, 2.45) is 0 Å². The second-order valence-corrected chi connectivity index (χ2v) is 6.14. The minimum Gasteiger partial charge on any atom is -0.480 e. The van der Waals surface area contributed by atoms with Crippen molar-refractivity contribution in [1.29, 1.82) is 0 Å². The van der Waals surface area contributed by atoms with Gasteiger partial charge in [-0.05, 0) is 6.92 Å². The molecule has 0 aliphatic rings. The maximum atomic E-state index is 12.0. The highest BCUT2D eigenvalue weighted by Gasteiger charge is 2.16. The number of amides is 1. The summed E-state index contributed by atoms with van der Waals surface area (Å²) in [6.07, 6.45) is 0.366. The highest BCUT2D eigenvalue weighted by atomic mass is 32.2. The molecule has 1 unspecified atom stereocenters. The monoisotopic (exact) mass is 327 g/mol. The molecule has 0 saturated heterocycles. The Morgan fingerprint density at radius 1 is 1.67 bits per heavy atom. The number of nitrogens with one attached hydrogen (secondary N) is 1. The summed E-state index contributed by atoms with van der Waals surface area (Å²) in [7, 11) is 0. The van der Waals surface area contributed by atoms with Crippen molar-refractivity contribution < 1.29 is 14.7 Å². The first-order chi connectivity index (χ1) is 10.0. The Labute approximate surface area is 128 Å². The van der Waals surface area contributed by atoms with Gasteiger partial charge in [-0.2, -0.15) is 11.8 Å². The predicted octanol–water partition coefficient (Wildman–Crippen LogP) is 0.497. The first-order valence-corrected chi connectivity index (χ1v) is 8.03. The van der Waals surface area contributed by atoms with E-state index in [9.17, 15) is 14.4 Å². The fourth-order valence-corrected chi connectivity index (χ4v) is 3.57. The van der Waals surface area contributed by atoms with Gasteiger partial charge in [-0.1, -0.05) is 0 Å². The van der Waals surface area contributed by atoms with Gasteiger partial charge in [0.1, 0.15) is 6.04 Å². The van der Waals surface area contributed by atoms with Crippen LogP contribution in [0.3, 0.4) is 0 Å². The van der Waals surface area contributed by atoms with Gasteiger partial charge in [0.2, 0.25) is 6.41 Å². The topological polar surface area (TPSA) is 101 Å². The zero-order chi connectivity index (χ0) is 15.4. The van der Waals surface area contributed by atoms with E-state index in [1.807, 2.05) is 12.3 Å². The lowest BCUT2D eigenvalue weighted by molar-refractivity contribution is -0.139. The van der Waals surface area contributed by atoms with Crippen LogP contribution in [0.1, 0.15) is 11.4 Å². The fourth-order valence-electron chi connectivity index (χ4n) is 1.73. The van der Waals surface area contributed by atoms with E-state index in [0.29, 0.717) is 22.8 Å². The molecule has 9 heteroatoms. The van der Waals surface area contributed by atoms with Crippen LogP contribution in [0.2, 0.25) is 0 Å². The molecule has 0 fully saturated rings. The van der Waals surface area contributed by atoms with Gasteiger partial charge in [-0.15, -0.1) is 11.3 Å². The van der Waals surface area contributed by atoms with Crippen LogP contribution in [-0.4, -0.2) is 38.7 Å². The third-order valence-electron chi connectivity index (χ3n) is 2.73. The lowest BCUT2D eigenvalue weighted by Crippen LogP contribution is -2.37. The number of carbonyl (C=O) groups is 2. The predicted molar refractivity (Wildman–Crippen MR) is 80.9 cm³/mol. The third-order valence-corrected chi connectivity index (χ3v) is 4.74. The molecule has 7 nitrogen and oxygen atoms in total. The molecule has 1 amide bonds. The average Bonchev–Trinajstić information content (AvgIpc) is 2.79. The van der Waals surface area contributed by atoms with E-state index in [1.165, 1.54) is 33.6 Å². The van der Waals surface area contributed by atoms with Crippen molar-refractivity contribution in [3.8, 4) is 0 Å². The number of aryl methyl sites for hydroxylation is 1. The van der Waals surface area contributed by atoms with Crippen molar-refractivity contribution in [2.75, 3.05) is 5.75 Å². The molecule has 2 N–H and O–H groups in total. The van der Waals surface area contributed by atoms with Gasteiger partial charge < -0.3 is 10.4 Å². The summed E-state index contributed by atoms with van der Waals surface area (Å²) in [5.74, 6) is -0.474. The van der Waals surface area contributed by atoms with Crippen LogP contribution in [0, 0.1) is 6.92 Å². The van der Waals surface area contributed by atoms with E-state index in [-0.39, 0.29) is 11.3 Å². The van der Waals surface area contributed by atoms with Crippen LogP contribution in [0.15, 0.2) is 16.2 Å². The standard InChI is InChI=1S/C12H13N3O4S2/c1-7-3-21-12-14-8(2-10(17)15(7)12)4-20-5-9(11(18)19)13-6-16/h2-3,6,9H,4-5H2,1H3,(H,13,16)(H,18,19). The van der Waals surface area contributed by atoms with Gasteiger partial charge in [0.25, 0.3) is 5.56 Å². The minimum atomic E-state index is -1.09. The maximum absolute atomic E-state index is 12.0. The molecule has 0 bridgehead atoms. The van der Waals surface area contributed by atoms with E-state index < -0.39 is 12.0 Å². The van der Waals surface area contributed by atoms with E-state index in [0.717, 1.165) is 5.69 Å². The summed E-state index contributed by atoms with van der Waals surface area (Å²) >= 11 is 2.68. The van der Waals surface area contributed by atoms with Crippen LogP contribution in [0.4, 0.5) is 0 Å². The number of aliphatic carboxylic acids is 1. The molecule has 21 heavy (non-hydrogen) atoms. The molecular weight excluding hydrogens is 314 g/mol. The number of nitrogens with zero attached hydrogens (tertiary/aromatic N) is 2. The number of aromatic nitrogens is 2. The smallest absolute Gasteiger partial charge is 0.327 e. The summed E-state index contributed by atoms with van der Waals surface area (Å²) in [6, 6.07) is 0.504. The fraction of sp³-hybridized carbons (Fsp3) is 0.333. The Balaban J connectivity index is 2.05. The summed E-state index contributed by atoms with van der Waals surface area (Å²) < 4.78 is 1.53. The summed E-state index contributed by atoms with van der Waals surface area (Å²) in [5.41, 5.74) is 1.30. The molecule has 1 atom stereocenters. The molecule has 0 aromatic carbocycles. The molecule has 112 valence electrons. The molecule has 0 saturated carbocycles. The lowest BCUT2D eigenvalue weighted by Gasteiger charge is -2.10. The quantitative estimate of drug-likeness (QED) is 0.718. The van der Waals surface area contributed by atoms with Crippen molar-refractivity contribution in [1.82, 2.24) is 14.7 Å². The van der Waals surface area contributed by atoms with E-state index in [4.69, 9.17) is 5.11 Å². The zero-order valence-corrected chi connectivity index (χ0v) is 12.7. The number of carboxylic acid groups (broad SMARTS) is 1. The molecule has 0 spiro atoms. The number of fused-ring (bicyclic) bond motifs is 1.